The molecule has 2 N–H and O–H groups in total. The van der Waals surface area contributed by atoms with Crippen LogP contribution in [0.25, 0.3) is 0 Å². The Balaban J connectivity index is 1.79. The number of anilines is 1. The summed E-state index contributed by atoms with van der Waals surface area (Å²) in [6, 6.07) is 7.86. The van der Waals surface area contributed by atoms with Crippen molar-refractivity contribution in [3.8, 4) is 0 Å². The predicted octanol–water partition coefficient (Wildman–Crippen LogP) is 2.26. The lowest BCUT2D eigenvalue weighted by Crippen LogP contribution is -2.26. The smallest absolute Gasteiger partial charge is 0.251 e. The van der Waals surface area contributed by atoms with Crippen molar-refractivity contribution in [2.45, 2.75) is 26.2 Å². The quantitative estimate of drug-likeness (QED) is 0.809. The van der Waals surface area contributed by atoms with Gasteiger partial charge in [-0.15, -0.1) is 0 Å². The molecule has 1 amide bonds. The molecule has 116 valence electrons. The molecule has 0 spiro atoms. The highest BCUT2D eigenvalue weighted by molar-refractivity contribution is 5.94. The fourth-order valence-electron chi connectivity index (χ4n) is 2.78. The van der Waals surface area contributed by atoms with Crippen LogP contribution in [0.2, 0.25) is 0 Å². The van der Waals surface area contributed by atoms with Gasteiger partial charge in [-0.2, -0.15) is 0 Å². The number of carbonyl (C=O) groups is 1. The van der Waals surface area contributed by atoms with Crippen LogP contribution in [0.4, 0.5) is 5.69 Å². The molecule has 2 rings (SSSR count). The summed E-state index contributed by atoms with van der Waals surface area (Å²) in [6.45, 7) is 6.17. The zero-order valence-corrected chi connectivity index (χ0v) is 13.2. The summed E-state index contributed by atoms with van der Waals surface area (Å²) in [5.41, 5.74) is 1.90. The van der Waals surface area contributed by atoms with E-state index in [1.54, 1.807) is 0 Å². The van der Waals surface area contributed by atoms with Gasteiger partial charge in [0.25, 0.3) is 5.91 Å². The van der Waals surface area contributed by atoms with E-state index < -0.39 is 0 Å². The summed E-state index contributed by atoms with van der Waals surface area (Å²) in [6.07, 6.45) is 3.42. The van der Waals surface area contributed by atoms with E-state index >= 15 is 0 Å². The average Bonchev–Trinajstić information content (AvgIpc) is 3.01. The number of nitrogens with one attached hydrogen (secondary N) is 2. The number of rotatable bonds is 7. The Morgan fingerprint density at radius 1 is 1.38 bits per heavy atom. The number of hydrogen-bond donors (Lipinski definition) is 2. The average molecular weight is 289 g/mol. The Morgan fingerprint density at radius 2 is 2.14 bits per heavy atom. The maximum atomic E-state index is 12.1. The van der Waals surface area contributed by atoms with Crippen molar-refractivity contribution in [2.75, 3.05) is 38.1 Å². The summed E-state index contributed by atoms with van der Waals surface area (Å²) in [7, 11) is 2.08. The molecular formula is C17H27N3O. The first-order valence-electron chi connectivity index (χ1n) is 8.01. The minimum Gasteiger partial charge on any atom is -0.375 e. The molecule has 1 aromatic carbocycles. The van der Waals surface area contributed by atoms with Crippen LogP contribution in [0.15, 0.2) is 24.3 Å². The molecule has 1 aliphatic rings. The molecule has 1 atom stereocenters. The highest BCUT2D eigenvalue weighted by atomic mass is 16.1. The van der Waals surface area contributed by atoms with Gasteiger partial charge in [0.15, 0.2) is 0 Å². The molecule has 1 aromatic rings. The maximum absolute atomic E-state index is 12.1. The van der Waals surface area contributed by atoms with Crippen LogP contribution in [-0.2, 0) is 0 Å². The molecule has 1 aliphatic heterocycles. The molecule has 0 radical (unpaired) electrons. The number of hydrogen-bond acceptors (Lipinski definition) is 3. The van der Waals surface area contributed by atoms with Crippen LogP contribution < -0.4 is 15.5 Å². The highest BCUT2D eigenvalue weighted by Crippen LogP contribution is 2.14. The Morgan fingerprint density at radius 3 is 2.76 bits per heavy atom. The van der Waals surface area contributed by atoms with Crippen molar-refractivity contribution in [1.82, 2.24) is 10.6 Å². The van der Waals surface area contributed by atoms with Gasteiger partial charge in [0.2, 0.25) is 0 Å². The molecule has 0 aromatic heterocycles. The highest BCUT2D eigenvalue weighted by Gasteiger charge is 2.14. The molecule has 1 heterocycles. The van der Waals surface area contributed by atoms with Crippen LogP contribution >= 0.6 is 0 Å². The molecule has 4 nitrogen and oxygen atoms in total. The van der Waals surface area contributed by atoms with Crippen molar-refractivity contribution in [1.29, 1.82) is 0 Å². The number of carbonyl (C=O) groups excluding carboxylic acids is 1. The Hall–Kier alpha value is -1.55. The van der Waals surface area contributed by atoms with Crippen LogP contribution in [-0.4, -0.2) is 39.1 Å². The maximum Gasteiger partial charge on any atom is 0.251 e. The third-order valence-corrected chi connectivity index (χ3v) is 4.13. The van der Waals surface area contributed by atoms with Crippen LogP contribution in [0.3, 0.4) is 0 Å². The fourth-order valence-corrected chi connectivity index (χ4v) is 2.78. The normalized spacial score (nSPS) is 17.7. The van der Waals surface area contributed by atoms with Gasteiger partial charge in [-0.3, -0.25) is 4.79 Å². The first-order valence-corrected chi connectivity index (χ1v) is 8.01. The second kappa shape index (κ2) is 8.03. The number of nitrogens with zero attached hydrogens (tertiary/aromatic N) is 1. The van der Waals surface area contributed by atoms with E-state index in [0.717, 1.165) is 56.2 Å². The van der Waals surface area contributed by atoms with Crippen LogP contribution in [0.1, 0.15) is 36.5 Å². The van der Waals surface area contributed by atoms with Gasteiger partial charge in [-0.05, 0) is 62.5 Å². The first-order chi connectivity index (χ1) is 10.2. The van der Waals surface area contributed by atoms with Crippen molar-refractivity contribution in [3.63, 3.8) is 0 Å². The largest absolute Gasteiger partial charge is 0.375 e. The lowest BCUT2D eigenvalue weighted by atomic mass is 10.1. The summed E-state index contributed by atoms with van der Waals surface area (Å²) in [5.74, 6) is 0.751. The van der Waals surface area contributed by atoms with Crippen molar-refractivity contribution >= 4 is 11.6 Å². The summed E-state index contributed by atoms with van der Waals surface area (Å²) in [4.78, 5) is 14.3. The van der Waals surface area contributed by atoms with Gasteiger partial charge < -0.3 is 15.5 Å². The molecule has 1 saturated heterocycles. The Kier molecular flexibility index (Phi) is 6.05. The van der Waals surface area contributed by atoms with Gasteiger partial charge >= 0.3 is 0 Å². The van der Waals surface area contributed by atoms with E-state index in [1.807, 2.05) is 24.3 Å². The molecule has 0 aliphatic carbocycles. The summed E-state index contributed by atoms with van der Waals surface area (Å²) >= 11 is 0. The Bertz CT molecular complexity index is 438. The van der Waals surface area contributed by atoms with Crippen molar-refractivity contribution in [2.24, 2.45) is 5.92 Å². The molecule has 4 heteroatoms. The van der Waals surface area contributed by atoms with E-state index in [2.05, 4.69) is 29.5 Å². The first kappa shape index (κ1) is 15.8. The van der Waals surface area contributed by atoms with Crippen molar-refractivity contribution < 1.29 is 4.79 Å². The predicted molar refractivity (Wildman–Crippen MR) is 87.9 cm³/mol. The van der Waals surface area contributed by atoms with Gasteiger partial charge in [0, 0.05) is 31.4 Å². The SMILES string of the molecule is CCCN(C)c1ccc(C(=O)NCCC2CCNC2)cc1. The third-order valence-electron chi connectivity index (χ3n) is 4.13. The lowest BCUT2D eigenvalue weighted by Gasteiger charge is -2.18. The van der Waals surface area contributed by atoms with E-state index in [1.165, 1.54) is 6.42 Å². The van der Waals surface area contributed by atoms with Gasteiger partial charge in [-0.25, -0.2) is 0 Å². The summed E-state index contributed by atoms with van der Waals surface area (Å²) in [5, 5.41) is 6.37. The lowest BCUT2D eigenvalue weighted by molar-refractivity contribution is 0.0951. The minimum atomic E-state index is 0.0330. The molecule has 1 fully saturated rings. The molecule has 1 unspecified atom stereocenters. The fraction of sp³-hybridized carbons (Fsp3) is 0.588. The number of amides is 1. The standard InChI is InChI=1S/C17H27N3O/c1-3-12-20(2)16-6-4-15(5-7-16)17(21)19-11-9-14-8-10-18-13-14/h4-7,14,18H,3,8-13H2,1-2H3,(H,19,21). The second-order valence-corrected chi connectivity index (χ2v) is 5.87. The van der Waals surface area contributed by atoms with Crippen LogP contribution in [0.5, 0.6) is 0 Å². The Labute approximate surface area is 127 Å². The second-order valence-electron chi connectivity index (χ2n) is 5.87. The van der Waals surface area contributed by atoms with E-state index in [0.29, 0.717) is 0 Å². The molecular weight excluding hydrogens is 262 g/mol. The monoisotopic (exact) mass is 289 g/mol. The number of benzene rings is 1. The van der Waals surface area contributed by atoms with Gasteiger partial charge in [0.05, 0.1) is 0 Å². The molecule has 0 saturated carbocycles. The van der Waals surface area contributed by atoms with E-state index in [9.17, 15) is 4.79 Å². The zero-order valence-electron chi connectivity index (χ0n) is 13.2. The van der Waals surface area contributed by atoms with Gasteiger partial charge in [-0.1, -0.05) is 6.92 Å². The van der Waals surface area contributed by atoms with Crippen LogP contribution in [0, 0.1) is 5.92 Å². The van der Waals surface area contributed by atoms with Gasteiger partial charge in [0.1, 0.15) is 0 Å². The van der Waals surface area contributed by atoms with Crippen molar-refractivity contribution in [3.05, 3.63) is 29.8 Å². The third kappa shape index (κ3) is 4.74. The summed E-state index contributed by atoms with van der Waals surface area (Å²) < 4.78 is 0. The minimum absolute atomic E-state index is 0.0330. The van der Waals surface area contributed by atoms with E-state index in [-0.39, 0.29) is 5.91 Å². The molecule has 21 heavy (non-hydrogen) atoms. The zero-order chi connectivity index (χ0) is 15.1. The molecule has 0 bridgehead atoms. The van der Waals surface area contributed by atoms with E-state index in [4.69, 9.17) is 0 Å². The topological polar surface area (TPSA) is 44.4 Å².